The van der Waals surface area contributed by atoms with Gasteiger partial charge in [0.2, 0.25) is 5.91 Å². The summed E-state index contributed by atoms with van der Waals surface area (Å²) in [6.07, 6.45) is 69.0. The number of hydrogen-bond acceptors (Lipinski definition) is 13. The van der Waals surface area contributed by atoms with E-state index < -0.39 is 86.8 Å². The molecule has 0 aliphatic carbocycles. The number of allylic oxidation sites excluding steroid dienone is 15. The van der Waals surface area contributed by atoms with Crippen LogP contribution in [0.2, 0.25) is 0 Å². The molecule has 2 aliphatic rings. The molecule has 91 heavy (non-hydrogen) atoms. The molecule has 14 heteroatoms. The largest absolute Gasteiger partial charge is 0.394 e. The number of aliphatic hydroxyl groups is 8. The second kappa shape index (κ2) is 60.6. The molecule has 0 saturated carbocycles. The minimum Gasteiger partial charge on any atom is -0.394 e. The van der Waals surface area contributed by atoms with E-state index in [0.717, 1.165) is 83.5 Å². The summed E-state index contributed by atoms with van der Waals surface area (Å²) in [6.45, 7) is 2.69. The first-order valence-electron chi connectivity index (χ1n) is 37.0. The Morgan fingerprint density at radius 1 is 0.407 bits per heavy atom. The van der Waals surface area contributed by atoms with E-state index in [9.17, 15) is 45.6 Å². The molecule has 12 unspecified atom stereocenters. The number of rotatable bonds is 60. The van der Waals surface area contributed by atoms with E-state index in [1.807, 2.05) is 6.08 Å². The van der Waals surface area contributed by atoms with E-state index in [0.29, 0.717) is 12.8 Å². The second-order valence-corrected chi connectivity index (χ2v) is 25.7. The van der Waals surface area contributed by atoms with Crippen LogP contribution in [-0.4, -0.2) is 140 Å². The molecular weight excluding hydrogens is 1150 g/mol. The molecule has 1 amide bonds. The molecule has 2 saturated heterocycles. The van der Waals surface area contributed by atoms with E-state index in [1.54, 1.807) is 6.08 Å². The fourth-order valence-electron chi connectivity index (χ4n) is 11.6. The number of nitrogens with one attached hydrogen (secondary N) is 1. The highest BCUT2D eigenvalue weighted by molar-refractivity contribution is 5.76. The Kier molecular flexibility index (Phi) is 55.9. The zero-order valence-corrected chi connectivity index (χ0v) is 57.3. The van der Waals surface area contributed by atoms with Crippen LogP contribution in [0.4, 0.5) is 0 Å². The predicted octanol–water partition coefficient (Wildman–Crippen LogP) is 15.7. The third-order valence-corrected chi connectivity index (χ3v) is 17.5. The monoisotopic (exact) mass is 1280 g/mol. The molecule has 2 heterocycles. The number of carbonyl (C=O) groups is 1. The first kappa shape index (κ1) is 84.0. The Balaban J connectivity index is 1.69. The van der Waals surface area contributed by atoms with E-state index in [1.165, 1.54) is 173 Å². The summed E-state index contributed by atoms with van der Waals surface area (Å²) in [5, 5.41) is 87.5. The van der Waals surface area contributed by atoms with Gasteiger partial charge in [0.15, 0.2) is 12.6 Å². The highest BCUT2D eigenvalue weighted by atomic mass is 16.7. The Hall–Kier alpha value is -3.09. The standard InChI is InChI=1S/C77H135NO13/c1-3-5-7-9-11-13-15-17-19-21-23-25-27-29-31-33-35-37-39-41-43-45-47-49-51-53-55-57-59-61-69(82)78-65(64-88-76-74(87)72(85)75(68(63-80)90-76)91-77-73(86)71(84)70(83)67(62-79)89-77)66(81)60-58-56-54-52-50-48-46-44-42-40-38-36-34-32-30-28-26-24-22-20-18-16-14-12-10-8-6-4-2/h5,7,11,13,17,19,23,25,29,31,42,44,50,52,58,60,65-68,70-77,79-81,83-87H,3-4,6,8-10,12,14-16,18,20-22,24,26-28,30,32-41,43,45-49,51,53-57,59,61-64H2,1-2H3,(H,78,82)/b7-5-,13-11-,19-17-,25-23-,31-29-,44-42+,52-50+,60-58+. The Labute approximate surface area is 553 Å². The van der Waals surface area contributed by atoms with Crippen molar-refractivity contribution in [1.82, 2.24) is 5.32 Å². The maximum absolute atomic E-state index is 13.3. The fourth-order valence-corrected chi connectivity index (χ4v) is 11.6. The first-order chi connectivity index (χ1) is 44.6. The van der Waals surface area contributed by atoms with Gasteiger partial charge in [-0.15, -0.1) is 0 Å². The normalized spacial score (nSPS) is 23.4. The van der Waals surface area contributed by atoms with Crippen LogP contribution < -0.4 is 5.32 Å². The maximum atomic E-state index is 13.3. The molecule has 0 bridgehead atoms. The van der Waals surface area contributed by atoms with Crippen LogP contribution >= 0.6 is 0 Å². The minimum atomic E-state index is -1.80. The summed E-state index contributed by atoms with van der Waals surface area (Å²) in [4.78, 5) is 13.3. The van der Waals surface area contributed by atoms with Crippen molar-refractivity contribution in [3.63, 3.8) is 0 Å². The quantitative estimate of drug-likeness (QED) is 0.0204. The molecular formula is C77H135NO13. The van der Waals surface area contributed by atoms with Crippen molar-refractivity contribution in [2.24, 2.45) is 0 Å². The molecule has 0 aromatic carbocycles. The van der Waals surface area contributed by atoms with Gasteiger partial charge in [-0.2, -0.15) is 0 Å². The van der Waals surface area contributed by atoms with Crippen LogP contribution in [0.1, 0.15) is 290 Å². The van der Waals surface area contributed by atoms with Crippen LogP contribution in [-0.2, 0) is 23.7 Å². The van der Waals surface area contributed by atoms with Crippen molar-refractivity contribution < 1.29 is 64.6 Å². The average Bonchev–Trinajstić information content (AvgIpc) is 1.06. The van der Waals surface area contributed by atoms with Crippen LogP contribution in [0.3, 0.4) is 0 Å². The van der Waals surface area contributed by atoms with Crippen molar-refractivity contribution in [3.8, 4) is 0 Å². The van der Waals surface area contributed by atoms with Gasteiger partial charge in [-0.1, -0.05) is 291 Å². The summed E-state index contributed by atoms with van der Waals surface area (Å²) in [6, 6.07) is -0.946. The van der Waals surface area contributed by atoms with Gasteiger partial charge in [-0.3, -0.25) is 4.79 Å². The number of unbranched alkanes of at least 4 members (excludes halogenated alkanes) is 33. The summed E-state index contributed by atoms with van der Waals surface area (Å²) >= 11 is 0. The molecule has 2 aliphatic heterocycles. The predicted molar refractivity (Wildman–Crippen MR) is 373 cm³/mol. The van der Waals surface area contributed by atoms with Crippen LogP contribution in [0.5, 0.6) is 0 Å². The van der Waals surface area contributed by atoms with Crippen molar-refractivity contribution >= 4 is 5.91 Å². The van der Waals surface area contributed by atoms with E-state index in [-0.39, 0.29) is 18.9 Å². The molecule has 12 atom stereocenters. The summed E-state index contributed by atoms with van der Waals surface area (Å²) in [5.74, 6) is -0.256. The third kappa shape index (κ3) is 44.3. The first-order valence-corrected chi connectivity index (χ1v) is 37.0. The summed E-state index contributed by atoms with van der Waals surface area (Å²) in [5.41, 5.74) is 0. The van der Waals surface area contributed by atoms with Gasteiger partial charge < -0.3 is 65.1 Å². The lowest BCUT2D eigenvalue weighted by atomic mass is 9.97. The number of aliphatic hydroxyl groups excluding tert-OH is 8. The number of carbonyl (C=O) groups excluding carboxylic acids is 1. The smallest absolute Gasteiger partial charge is 0.220 e. The molecule has 0 aromatic rings. The topological polar surface area (TPSA) is 228 Å². The molecule has 526 valence electrons. The highest BCUT2D eigenvalue weighted by Gasteiger charge is 2.51. The molecule has 2 rings (SSSR count). The van der Waals surface area contributed by atoms with Gasteiger partial charge in [-0.25, -0.2) is 0 Å². The van der Waals surface area contributed by atoms with Crippen molar-refractivity contribution in [2.45, 2.75) is 364 Å². The zero-order chi connectivity index (χ0) is 65.9. The number of ether oxygens (including phenoxy) is 4. The van der Waals surface area contributed by atoms with E-state index in [4.69, 9.17) is 18.9 Å². The molecule has 9 N–H and O–H groups in total. The van der Waals surface area contributed by atoms with E-state index >= 15 is 0 Å². The van der Waals surface area contributed by atoms with Crippen LogP contribution in [0.15, 0.2) is 97.2 Å². The van der Waals surface area contributed by atoms with Gasteiger partial charge in [-0.05, 0) is 89.9 Å². The molecule has 0 aromatic heterocycles. The lowest BCUT2D eigenvalue weighted by Gasteiger charge is -2.46. The SMILES string of the molecule is CC/C=C\C/C=C\C/C=C\C/C=C\C/C=C\CCCCCCCCCCCCCCCC(=O)NC(COC1OC(CO)C(OC2OC(CO)C(O)C(O)C2O)C(O)C1O)C(O)/C=C/CC/C=C/CC/C=C/CCCCCCCCCCCCCCCCCCCC. The van der Waals surface area contributed by atoms with Gasteiger partial charge >= 0.3 is 0 Å². The van der Waals surface area contributed by atoms with Crippen LogP contribution in [0, 0.1) is 0 Å². The summed E-state index contributed by atoms with van der Waals surface area (Å²) < 4.78 is 22.9. The fraction of sp³-hybridized carbons (Fsp3) is 0.779. The van der Waals surface area contributed by atoms with Crippen molar-refractivity contribution in [1.29, 1.82) is 0 Å². The van der Waals surface area contributed by atoms with Gasteiger partial charge in [0.1, 0.15) is 48.8 Å². The highest BCUT2D eigenvalue weighted by Crippen LogP contribution is 2.30. The lowest BCUT2D eigenvalue weighted by Crippen LogP contribution is -2.65. The summed E-state index contributed by atoms with van der Waals surface area (Å²) in [7, 11) is 0. The average molecular weight is 1280 g/mol. The van der Waals surface area contributed by atoms with Crippen molar-refractivity contribution in [2.75, 3.05) is 19.8 Å². The van der Waals surface area contributed by atoms with Gasteiger partial charge in [0.25, 0.3) is 0 Å². The molecule has 14 nitrogen and oxygen atoms in total. The van der Waals surface area contributed by atoms with Crippen molar-refractivity contribution in [3.05, 3.63) is 97.2 Å². The Morgan fingerprint density at radius 3 is 1.21 bits per heavy atom. The molecule has 2 fully saturated rings. The third-order valence-electron chi connectivity index (χ3n) is 17.5. The Morgan fingerprint density at radius 2 is 0.769 bits per heavy atom. The molecule has 0 spiro atoms. The van der Waals surface area contributed by atoms with Gasteiger partial charge in [0, 0.05) is 6.42 Å². The zero-order valence-electron chi connectivity index (χ0n) is 57.3. The van der Waals surface area contributed by atoms with E-state index in [2.05, 4.69) is 104 Å². The van der Waals surface area contributed by atoms with Gasteiger partial charge in [0.05, 0.1) is 32.0 Å². The minimum absolute atomic E-state index is 0.256. The van der Waals surface area contributed by atoms with Crippen LogP contribution in [0.25, 0.3) is 0 Å². The number of amides is 1. The second-order valence-electron chi connectivity index (χ2n) is 25.7. The lowest BCUT2D eigenvalue weighted by molar-refractivity contribution is -0.359. The Bertz CT molecular complexity index is 1900. The number of hydrogen-bond donors (Lipinski definition) is 9. The maximum Gasteiger partial charge on any atom is 0.220 e. The molecule has 0 radical (unpaired) electrons.